The van der Waals surface area contributed by atoms with Gasteiger partial charge < -0.3 is 55.5 Å². The molecule has 9 N–H and O–H groups in total. The first-order valence-electron chi connectivity index (χ1n) is 17.5. The fourth-order valence-electron chi connectivity index (χ4n) is 5.93. The number of phosphoric ester groups is 2. The summed E-state index contributed by atoms with van der Waals surface area (Å²) in [6, 6.07) is -0.160. The lowest BCUT2D eigenvalue weighted by atomic mass is 10.1. The van der Waals surface area contributed by atoms with Crippen LogP contribution in [0.15, 0.2) is 34.8 Å². The molecule has 28 nitrogen and oxygen atoms in total. The SMILES string of the molecule is CC(C)(C)OC(=O)NC(CCCN=[N+]=[N-])C(=O)O[C@H]1[C@@H](O)[C@H](n2cnc3c(N)ncnc32)O[C@@H]1COP(=O)(O)O[C@H]1C[C@H](n2ccc(N)nc2=O)O[C@@H]1COP(=O)(O)O. The van der Waals surface area contributed by atoms with E-state index in [4.69, 9.17) is 45.0 Å². The molecule has 59 heavy (non-hydrogen) atoms. The number of azide groups is 1. The van der Waals surface area contributed by atoms with Gasteiger partial charge in [0.05, 0.1) is 19.5 Å². The highest BCUT2D eigenvalue weighted by Gasteiger charge is 2.50. The predicted octanol–water partition coefficient (Wildman–Crippen LogP) is 0.301. The van der Waals surface area contributed by atoms with Crippen LogP contribution >= 0.6 is 15.6 Å². The van der Waals surface area contributed by atoms with Crippen LogP contribution in [0.4, 0.5) is 16.4 Å². The third kappa shape index (κ3) is 12.1. The second-order valence-corrected chi connectivity index (χ2v) is 16.6. The number of aliphatic hydroxyl groups excluding tert-OH is 1. The van der Waals surface area contributed by atoms with Crippen molar-refractivity contribution in [3.63, 3.8) is 0 Å². The molecular weight excluding hydrogens is 834 g/mol. The van der Waals surface area contributed by atoms with Gasteiger partial charge in [-0.2, -0.15) is 4.98 Å². The van der Waals surface area contributed by atoms with Crippen LogP contribution in [0.5, 0.6) is 0 Å². The van der Waals surface area contributed by atoms with Crippen LogP contribution < -0.4 is 22.5 Å². The van der Waals surface area contributed by atoms with Crippen molar-refractivity contribution in [1.82, 2.24) is 34.4 Å². The summed E-state index contributed by atoms with van der Waals surface area (Å²) in [5.74, 6) is -1.25. The molecule has 2 saturated heterocycles. The Morgan fingerprint density at radius 2 is 1.85 bits per heavy atom. The Hall–Kier alpha value is -4.82. The number of carbonyl (C=O) groups is 2. The highest BCUT2D eigenvalue weighted by molar-refractivity contribution is 7.47. The predicted molar refractivity (Wildman–Crippen MR) is 196 cm³/mol. The Bertz CT molecular complexity index is 2190. The third-order valence-electron chi connectivity index (χ3n) is 8.43. The van der Waals surface area contributed by atoms with Gasteiger partial charge in [-0.3, -0.25) is 22.7 Å². The van der Waals surface area contributed by atoms with Crippen LogP contribution in [-0.2, 0) is 46.4 Å². The van der Waals surface area contributed by atoms with Crippen molar-refractivity contribution in [3.05, 3.63) is 45.8 Å². The zero-order valence-electron chi connectivity index (χ0n) is 31.4. The topological polar surface area (TPSA) is 405 Å². The van der Waals surface area contributed by atoms with Crippen LogP contribution in [0.2, 0.25) is 0 Å². The van der Waals surface area contributed by atoms with Gasteiger partial charge in [0.25, 0.3) is 0 Å². The summed E-state index contributed by atoms with van der Waals surface area (Å²) in [4.78, 5) is 86.7. The number of rotatable bonds is 17. The average molecular weight is 877 g/mol. The molecule has 0 saturated carbocycles. The lowest BCUT2D eigenvalue weighted by Crippen LogP contribution is -2.47. The van der Waals surface area contributed by atoms with Crippen molar-refractivity contribution in [2.24, 2.45) is 5.11 Å². The minimum Gasteiger partial charge on any atom is -0.455 e. The number of esters is 1. The van der Waals surface area contributed by atoms with Gasteiger partial charge in [0, 0.05) is 24.1 Å². The zero-order valence-corrected chi connectivity index (χ0v) is 33.2. The van der Waals surface area contributed by atoms with Crippen molar-refractivity contribution in [1.29, 1.82) is 0 Å². The number of aliphatic hydroxyl groups is 1. The number of hydrogen-bond donors (Lipinski definition) is 7. The molecule has 9 atom stereocenters. The average Bonchev–Trinajstić information content (AvgIpc) is 3.82. The molecule has 0 radical (unpaired) electrons. The highest BCUT2D eigenvalue weighted by Crippen LogP contribution is 2.50. The first-order valence-corrected chi connectivity index (χ1v) is 20.5. The van der Waals surface area contributed by atoms with E-state index >= 15 is 0 Å². The normalized spacial score (nSPS) is 24.9. The number of imidazole rings is 1. The van der Waals surface area contributed by atoms with Gasteiger partial charge in [-0.25, -0.2) is 38.5 Å². The molecule has 324 valence electrons. The molecule has 0 spiro atoms. The fourth-order valence-corrected chi connectivity index (χ4v) is 7.23. The number of alkyl carbamates (subject to hydrolysis) is 1. The highest BCUT2D eigenvalue weighted by atomic mass is 31.2. The number of nitrogens with zero attached hydrogens (tertiary/aromatic N) is 9. The standard InChI is InChI=1S/C29H42N12O16P2/c1-29(2,3)56-28(45)37-14(5-4-7-36-39-32)26(43)55-22-17(54-25(21(22)42)41-13-35-20-23(31)33-12-34-24(20)41)11-52-59(49,50)57-15-9-19(40-8-6-18(30)38-27(40)44)53-16(15)10-51-58(46,47)48/h6,8,12-17,19,21-22,25,42H,4-5,7,9-11H2,1-3H3,(H,37,45)(H,49,50)(H2,30,38,44)(H2,31,33,34)(H2,46,47,48)/t14?,15-,16+,17+,19+,21+,22+,25+/m0/s1. The second-order valence-electron chi connectivity index (χ2n) is 13.9. The number of phosphoric acid groups is 2. The van der Waals surface area contributed by atoms with E-state index in [2.05, 4.69) is 39.8 Å². The maximum Gasteiger partial charge on any atom is 0.472 e. The molecular formula is C29H42N12O16P2. The van der Waals surface area contributed by atoms with Crippen molar-refractivity contribution >= 4 is 50.5 Å². The number of ether oxygens (including phenoxy) is 4. The lowest BCUT2D eigenvalue weighted by molar-refractivity contribution is -0.159. The zero-order chi connectivity index (χ0) is 43.3. The van der Waals surface area contributed by atoms with Gasteiger partial charge >= 0.3 is 33.4 Å². The van der Waals surface area contributed by atoms with Crippen LogP contribution in [0.3, 0.4) is 0 Å². The van der Waals surface area contributed by atoms with Gasteiger partial charge in [0.2, 0.25) is 0 Å². The number of nitrogen functional groups attached to an aromatic ring is 2. The van der Waals surface area contributed by atoms with Gasteiger partial charge in [-0.15, -0.1) is 0 Å². The number of nitrogens with two attached hydrogens (primary N) is 2. The Morgan fingerprint density at radius 3 is 2.53 bits per heavy atom. The molecule has 30 heteroatoms. The summed E-state index contributed by atoms with van der Waals surface area (Å²) in [5.41, 5.74) is 18.5. The lowest BCUT2D eigenvalue weighted by Gasteiger charge is -2.26. The minimum atomic E-state index is -5.24. The van der Waals surface area contributed by atoms with E-state index < -0.39 is 101 Å². The molecule has 0 aliphatic carbocycles. The number of amides is 1. The summed E-state index contributed by atoms with van der Waals surface area (Å²) in [5, 5.41) is 17.4. The van der Waals surface area contributed by atoms with E-state index in [1.54, 1.807) is 20.8 Å². The van der Waals surface area contributed by atoms with E-state index in [0.29, 0.717) is 0 Å². The molecule has 5 heterocycles. The second kappa shape index (κ2) is 18.6. The monoisotopic (exact) mass is 876 g/mol. The molecule has 3 aromatic heterocycles. The van der Waals surface area contributed by atoms with E-state index in [9.17, 15) is 43.3 Å². The maximum absolute atomic E-state index is 13.7. The third-order valence-corrected chi connectivity index (χ3v) is 9.93. The molecule has 2 fully saturated rings. The van der Waals surface area contributed by atoms with Crippen LogP contribution in [0.25, 0.3) is 21.6 Å². The molecule has 3 aromatic rings. The number of fused-ring (bicyclic) bond motifs is 1. The summed E-state index contributed by atoms with van der Waals surface area (Å²) < 4.78 is 64.9. The van der Waals surface area contributed by atoms with Crippen molar-refractivity contribution in [2.75, 3.05) is 31.2 Å². The molecule has 2 aliphatic rings. The van der Waals surface area contributed by atoms with Crippen LogP contribution in [0, 0.1) is 0 Å². The van der Waals surface area contributed by atoms with Crippen molar-refractivity contribution < 1.29 is 71.0 Å². The molecule has 2 unspecified atom stereocenters. The van der Waals surface area contributed by atoms with E-state index in [-0.39, 0.29) is 48.6 Å². The molecule has 2 aliphatic heterocycles. The first kappa shape index (κ1) is 45.3. The van der Waals surface area contributed by atoms with Crippen molar-refractivity contribution in [2.45, 2.75) is 94.7 Å². The Labute approximate surface area is 332 Å². The van der Waals surface area contributed by atoms with E-state index in [0.717, 1.165) is 10.9 Å². The summed E-state index contributed by atoms with van der Waals surface area (Å²) in [6.45, 7) is 2.93. The fraction of sp³-hybridized carbons (Fsp3) is 0.621. The largest absolute Gasteiger partial charge is 0.472 e. The minimum absolute atomic E-state index is 0.0144. The Morgan fingerprint density at radius 1 is 1.12 bits per heavy atom. The number of hydrogen-bond acceptors (Lipinski definition) is 20. The summed E-state index contributed by atoms with van der Waals surface area (Å²) in [6.07, 6.45) is -8.52. The molecule has 0 aromatic carbocycles. The quantitative estimate of drug-likeness (QED) is 0.0239. The number of anilines is 2. The smallest absolute Gasteiger partial charge is 0.455 e. The molecule has 1 amide bonds. The molecule has 5 rings (SSSR count). The number of nitrogens with one attached hydrogen (secondary N) is 1. The van der Waals surface area contributed by atoms with Gasteiger partial charge in [0.15, 0.2) is 23.8 Å². The summed E-state index contributed by atoms with van der Waals surface area (Å²) >= 11 is 0. The van der Waals surface area contributed by atoms with E-state index in [1.807, 2.05) is 0 Å². The van der Waals surface area contributed by atoms with Crippen molar-refractivity contribution in [3.8, 4) is 0 Å². The van der Waals surface area contributed by atoms with Gasteiger partial charge in [0.1, 0.15) is 59.9 Å². The summed E-state index contributed by atoms with van der Waals surface area (Å²) in [7, 11) is -10.3. The number of aromatic nitrogens is 6. The van der Waals surface area contributed by atoms with Crippen LogP contribution in [-0.4, -0.2) is 123 Å². The van der Waals surface area contributed by atoms with Gasteiger partial charge in [-0.05, 0) is 45.2 Å². The Kier molecular flexibility index (Phi) is 14.3. The maximum atomic E-state index is 13.7. The van der Waals surface area contributed by atoms with Crippen LogP contribution in [0.1, 0.15) is 52.5 Å². The molecule has 0 bridgehead atoms. The van der Waals surface area contributed by atoms with E-state index in [1.165, 1.54) is 23.2 Å². The Balaban J connectivity index is 1.38. The van der Waals surface area contributed by atoms with Gasteiger partial charge in [-0.1, -0.05) is 5.11 Å². The number of carbonyl (C=O) groups excluding carboxylic acids is 2. The first-order chi connectivity index (χ1) is 27.6.